The normalized spacial score (nSPS) is 9.27. The van der Waals surface area contributed by atoms with Gasteiger partial charge in [-0.3, -0.25) is 0 Å². The second-order valence-electron chi connectivity index (χ2n) is 2.13. The third-order valence-corrected chi connectivity index (χ3v) is 1.15. The van der Waals surface area contributed by atoms with E-state index < -0.39 is 0 Å². The molecule has 0 aromatic heterocycles. The second kappa shape index (κ2) is 9.03. The van der Waals surface area contributed by atoms with Crippen LogP contribution in [0.15, 0.2) is 5.16 Å². The van der Waals surface area contributed by atoms with Gasteiger partial charge in [0.05, 0.1) is 6.21 Å². The van der Waals surface area contributed by atoms with Crippen molar-refractivity contribution in [1.29, 1.82) is 0 Å². The van der Waals surface area contributed by atoms with Crippen molar-refractivity contribution in [3.63, 3.8) is 0 Å². The van der Waals surface area contributed by atoms with Gasteiger partial charge < -0.3 is 4.84 Å². The summed E-state index contributed by atoms with van der Waals surface area (Å²) in [5.41, 5.74) is 0. The highest BCUT2D eigenvalue weighted by Gasteiger charge is 1.75. The summed E-state index contributed by atoms with van der Waals surface area (Å²) < 4.78 is 0. The van der Waals surface area contributed by atoms with E-state index in [1.807, 2.05) is 0 Å². The molecule has 0 rings (SSSR count). The first kappa shape index (κ1) is 10.0. The van der Waals surface area contributed by atoms with Crippen molar-refractivity contribution < 1.29 is 4.84 Å². The van der Waals surface area contributed by atoms with E-state index in [4.69, 9.17) is 0 Å². The second-order valence-corrected chi connectivity index (χ2v) is 2.13. The van der Waals surface area contributed by atoms with Crippen LogP contribution < -0.4 is 0 Å². The fraction of sp³-hybridized carbons (Fsp3) is 0.667. The predicted molar refractivity (Wildman–Crippen MR) is 47.4 cm³/mol. The first-order valence-electron chi connectivity index (χ1n) is 3.92. The third-order valence-electron chi connectivity index (χ3n) is 1.15. The van der Waals surface area contributed by atoms with Crippen LogP contribution in [0.1, 0.15) is 32.6 Å². The molecule has 0 aromatic carbocycles. The minimum atomic E-state index is 0.692. The van der Waals surface area contributed by atoms with E-state index >= 15 is 0 Å². The Hall–Kier alpha value is -0.970. The topological polar surface area (TPSA) is 21.6 Å². The summed E-state index contributed by atoms with van der Waals surface area (Å²) in [7, 11) is 1.53. The molecule has 0 bridgehead atoms. The number of hydrogen-bond donors (Lipinski definition) is 0. The number of hydrogen-bond acceptors (Lipinski definition) is 2. The molecule has 0 atom stereocenters. The zero-order valence-corrected chi connectivity index (χ0v) is 7.26. The molecular weight excluding hydrogens is 138 g/mol. The van der Waals surface area contributed by atoms with E-state index in [1.165, 1.54) is 20.0 Å². The van der Waals surface area contributed by atoms with Gasteiger partial charge in [-0.25, -0.2) is 0 Å². The molecule has 0 heterocycles. The largest absolute Gasteiger partial charge is 0.399 e. The molecule has 0 aliphatic heterocycles. The summed E-state index contributed by atoms with van der Waals surface area (Å²) >= 11 is 0. The molecule has 0 saturated heterocycles. The van der Waals surface area contributed by atoms with Crippen LogP contribution >= 0.6 is 0 Å². The molecule has 0 radical (unpaired) electrons. The molecule has 0 N–H and O–H groups in total. The molecule has 0 aromatic rings. The average molecular weight is 153 g/mol. The minimum Gasteiger partial charge on any atom is -0.399 e. The molecule has 0 saturated carbocycles. The van der Waals surface area contributed by atoms with E-state index in [0.29, 0.717) is 6.42 Å². The Kier molecular flexibility index (Phi) is 8.23. The van der Waals surface area contributed by atoms with E-state index in [1.54, 1.807) is 6.21 Å². The van der Waals surface area contributed by atoms with Crippen molar-refractivity contribution in [2.75, 3.05) is 7.11 Å². The molecule has 62 valence electrons. The van der Waals surface area contributed by atoms with E-state index in [0.717, 1.165) is 6.42 Å². The predicted octanol–water partition coefficient (Wildman–Crippen LogP) is 2.20. The zero-order valence-electron chi connectivity index (χ0n) is 7.26. The summed E-state index contributed by atoms with van der Waals surface area (Å²) in [6, 6.07) is 0. The van der Waals surface area contributed by atoms with Crippen molar-refractivity contribution in [1.82, 2.24) is 0 Å². The first-order chi connectivity index (χ1) is 5.41. The Bertz CT molecular complexity index is 153. The fourth-order valence-electron chi connectivity index (χ4n) is 0.583. The minimum absolute atomic E-state index is 0.692. The maximum atomic E-state index is 4.47. The van der Waals surface area contributed by atoms with Gasteiger partial charge in [-0.15, -0.1) is 5.92 Å². The molecule has 0 aliphatic carbocycles. The summed E-state index contributed by atoms with van der Waals surface area (Å²) in [6.45, 7) is 2.16. The quantitative estimate of drug-likeness (QED) is 0.262. The van der Waals surface area contributed by atoms with Crippen molar-refractivity contribution >= 4 is 6.21 Å². The Morgan fingerprint density at radius 1 is 1.45 bits per heavy atom. The molecule has 0 unspecified atom stereocenters. The lowest BCUT2D eigenvalue weighted by molar-refractivity contribution is 0.215. The van der Waals surface area contributed by atoms with Gasteiger partial charge in [-0.2, -0.15) is 0 Å². The summed E-state index contributed by atoms with van der Waals surface area (Å²) in [4.78, 5) is 4.47. The molecule has 11 heavy (non-hydrogen) atoms. The SMILES string of the molecule is CCCCC#CC/C=N\OC. The van der Waals surface area contributed by atoms with Gasteiger partial charge >= 0.3 is 0 Å². The lowest BCUT2D eigenvalue weighted by Crippen LogP contribution is -1.73. The maximum Gasteiger partial charge on any atom is 0.106 e. The molecule has 0 amide bonds. The molecular formula is C9H15NO. The van der Waals surface area contributed by atoms with E-state index in [9.17, 15) is 0 Å². The Morgan fingerprint density at radius 3 is 2.91 bits per heavy atom. The van der Waals surface area contributed by atoms with Gasteiger partial charge in [0.1, 0.15) is 7.11 Å². The Morgan fingerprint density at radius 2 is 2.27 bits per heavy atom. The smallest absolute Gasteiger partial charge is 0.106 e. The lowest BCUT2D eigenvalue weighted by Gasteiger charge is -1.83. The highest BCUT2D eigenvalue weighted by atomic mass is 16.6. The van der Waals surface area contributed by atoms with Gasteiger partial charge in [-0.1, -0.05) is 24.4 Å². The summed E-state index contributed by atoms with van der Waals surface area (Å²) in [5, 5.41) is 3.56. The van der Waals surface area contributed by atoms with Crippen molar-refractivity contribution in [3.8, 4) is 11.8 Å². The molecule has 0 fully saturated rings. The van der Waals surface area contributed by atoms with Crippen molar-refractivity contribution in [2.45, 2.75) is 32.6 Å². The highest BCUT2D eigenvalue weighted by Crippen LogP contribution is 1.90. The first-order valence-corrected chi connectivity index (χ1v) is 3.92. The van der Waals surface area contributed by atoms with Gasteiger partial charge in [-0.05, 0) is 6.42 Å². The van der Waals surface area contributed by atoms with Crippen LogP contribution in [-0.2, 0) is 4.84 Å². The Labute approximate surface area is 68.6 Å². The Balaban J connectivity index is 3.18. The van der Waals surface area contributed by atoms with Crippen molar-refractivity contribution in [2.24, 2.45) is 5.16 Å². The van der Waals surface area contributed by atoms with Gasteiger partial charge in [0.25, 0.3) is 0 Å². The van der Waals surface area contributed by atoms with Crippen LogP contribution in [0.4, 0.5) is 0 Å². The fourth-order valence-corrected chi connectivity index (χ4v) is 0.583. The molecule has 0 spiro atoms. The zero-order chi connectivity index (χ0) is 8.36. The van der Waals surface area contributed by atoms with E-state index in [2.05, 4.69) is 28.8 Å². The van der Waals surface area contributed by atoms with Crippen LogP contribution in [0.3, 0.4) is 0 Å². The van der Waals surface area contributed by atoms with Crippen LogP contribution in [0.5, 0.6) is 0 Å². The molecule has 2 heteroatoms. The average Bonchev–Trinajstić information content (AvgIpc) is 2.03. The molecule has 0 aliphatic rings. The number of unbranched alkanes of at least 4 members (excludes halogenated alkanes) is 2. The third kappa shape index (κ3) is 9.03. The van der Waals surface area contributed by atoms with Crippen LogP contribution in [0.25, 0.3) is 0 Å². The number of rotatable bonds is 4. The molecule has 2 nitrogen and oxygen atoms in total. The van der Waals surface area contributed by atoms with Gasteiger partial charge in [0.15, 0.2) is 0 Å². The van der Waals surface area contributed by atoms with Gasteiger partial charge in [0.2, 0.25) is 0 Å². The van der Waals surface area contributed by atoms with Crippen LogP contribution in [-0.4, -0.2) is 13.3 Å². The van der Waals surface area contributed by atoms with Crippen LogP contribution in [0, 0.1) is 11.8 Å². The lowest BCUT2D eigenvalue weighted by atomic mass is 10.2. The summed E-state index contributed by atoms with van der Waals surface area (Å²) in [6.07, 6.45) is 5.75. The summed E-state index contributed by atoms with van der Waals surface area (Å²) in [5.74, 6) is 6.02. The highest BCUT2D eigenvalue weighted by molar-refractivity contribution is 5.60. The van der Waals surface area contributed by atoms with Crippen molar-refractivity contribution in [3.05, 3.63) is 0 Å². The van der Waals surface area contributed by atoms with Gasteiger partial charge in [0, 0.05) is 12.8 Å². The number of nitrogens with zero attached hydrogens (tertiary/aromatic N) is 1. The van der Waals surface area contributed by atoms with Crippen LogP contribution in [0.2, 0.25) is 0 Å². The van der Waals surface area contributed by atoms with E-state index in [-0.39, 0.29) is 0 Å². The maximum absolute atomic E-state index is 4.47. The number of oxime groups is 1. The monoisotopic (exact) mass is 153 g/mol. The standard InChI is InChI=1S/C9H15NO/c1-3-4-5-6-7-8-9-10-11-2/h9H,3-5,8H2,1-2H3/b10-9-.